The Morgan fingerprint density at radius 3 is 2.41 bits per heavy atom. The van der Waals surface area contributed by atoms with E-state index in [0.29, 0.717) is 22.3 Å². The van der Waals surface area contributed by atoms with Gasteiger partial charge in [0, 0.05) is 39.1 Å². The minimum atomic E-state index is -0.135. The second-order valence-electron chi connectivity index (χ2n) is 9.23. The summed E-state index contributed by atoms with van der Waals surface area (Å²) >= 11 is 12.6. The molecule has 11 heteroatoms. The van der Waals surface area contributed by atoms with Crippen LogP contribution in [0.5, 0.6) is 5.75 Å². The summed E-state index contributed by atoms with van der Waals surface area (Å²) in [4.78, 5) is 22.5. The van der Waals surface area contributed by atoms with E-state index in [-0.39, 0.29) is 30.7 Å². The van der Waals surface area contributed by atoms with Gasteiger partial charge in [-0.05, 0) is 50.6 Å². The number of hydrogen-bond acceptors (Lipinski definition) is 5. The molecule has 2 aromatic carbocycles. The summed E-state index contributed by atoms with van der Waals surface area (Å²) < 4.78 is 7.61. The third-order valence-corrected chi connectivity index (χ3v) is 7.58. The summed E-state index contributed by atoms with van der Waals surface area (Å²) in [6.45, 7) is 9.26. The standard InChI is InChI=1S/C28H35Cl2N5O2.2ClH/c1-4-9-25-32-27(20(2)35(25)22-11-5-6-13-24(22)37-3)28(36)31-14-8-15-33-16-18-34(19-17-33)23-12-7-10-21(29)26(23)30;;/h5-7,10-13H,4,8-9,14-19H2,1-3H3,(H,31,36);2*1H. The van der Waals surface area contributed by atoms with Gasteiger partial charge in [-0.25, -0.2) is 4.98 Å². The number of aromatic nitrogens is 2. The molecule has 39 heavy (non-hydrogen) atoms. The first-order valence-corrected chi connectivity index (χ1v) is 13.6. The van der Waals surface area contributed by atoms with E-state index >= 15 is 0 Å². The van der Waals surface area contributed by atoms with Gasteiger partial charge in [0.05, 0.1) is 34.2 Å². The molecule has 0 saturated carbocycles. The molecule has 3 aromatic rings. The Morgan fingerprint density at radius 1 is 1.03 bits per heavy atom. The second kappa shape index (κ2) is 15.6. The number of aryl methyl sites for hydroxylation is 1. The molecule has 1 N–H and O–H groups in total. The molecule has 1 fully saturated rings. The highest BCUT2D eigenvalue weighted by atomic mass is 35.5. The lowest BCUT2D eigenvalue weighted by Crippen LogP contribution is -2.47. The highest BCUT2D eigenvalue weighted by Crippen LogP contribution is 2.33. The van der Waals surface area contributed by atoms with Crippen LogP contribution in [-0.4, -0.2) is 66.7 Å². The molecule has 2 heterocycles. The van der Waals surface area contributed by atoms with E-state index < -0.39 is 0 Å². The van der Waals surface area contributed by atoms with Gasteiger partial charge < -0.3 is 15.0 Å². The van der Waals surface area contributed by atoms with Gasteiger partial charge in [0.1, 0.15) is 17.3 Å². The maximum absolute atomic E-state index is 13.1. The molecule has 1 saturated heterocycles. The number of carbonyl (C=O) groups is 1. The smallest absolute Gasteiger partial charge is 0.271 e. The molecule has 0 aliphatic carbocycles. The average Bonchev–Trinajstić information content (AvgIpc) is 3.24. The van der Waals surface area contributed by atoms with Crippen LogP contribution in [0, 0.1) is 6.92 Å². The van der Waals surface area contributed by atoms with Crippen molar-refractivity contribution in [1.82, 2.24) is 19.8 Å². The zero-order chi connectivity index (χ0) is 26.4. The van der Waals surface area contributed by atoms with Crippen LogP contribution >= 0.6 is 48.0 Å². The topological polar surface area (TPSA) is 62.6 Å². The number of rotatable bonds is 10. The Morgan fingerprint density at radius 2 is 1.72 bits per heavy atom. The quantitative estimate of drug-likeness (QED) is 0.273. The van der Waals surface area contributed by atoms with Crippen LogP contribution in [0.3, 0.4) is 0 Å². The van der Waals surface area contributed by atoms with Crippen LogP contribution in [0.1, 0.15) is 41.8 Å². The minimum absolute atomic E-state index is 0. The van der Waals surface area contributed by atoms with Crippen LogP contribution in [0.2, 0.25) is 10.0 Å². The Labute approximate surface area is 253 Å². The van der Waals surface area contributed by atoms with Crippen molar-refractivity contribution in [3.63, 3.8) is 0 Å². The van der Waals surface area contributed by atoms with E-state index in [0.717, 1.165) is 80.6 Å². The van der Waals surface area contributed by atoms with E-state index in [2.05, 4.69) is 22.0 Å². The maximum atomic E-state index is 13.1. The zero-order valence-electron chi connectivity index (χ0n) is 22.6. The molecule has 4 rings (SSSR count). The number of nitrogens with one attached hydrogen (secondary N) is 1. The first kappa shape index (κ1) is 33.0. The number of ether oxygens (including phenoxy) is 1. The van der Waals surface area contributed by atoms with Gasteiger partial charge in [0.2, 0.25) is 0 Å². The summed E-state index contributed by atoms with van der Waals surface area (Å²) in [6.07, 6.45) is 2.58. The van der Waals surface area contributed by atoms with E-state index in [9.17, 15) is 4.79 Å². The Hall–Kier alpha value is -2.16. The Balaban J connectivity index is 0.00000267. The molecule has 1 aromatic heterocycles. The highest BCUT2D eigenvalue weighted by Gasteiger charge is 2.22. The lowest BCUT2D eigenvalue weighted by molar-refractivity contribution is 0.0946. The first-order valence-electron chi connectivity index (χ1n) is 12.9. The molecule has 0 bridgehead atoms. The summed E-state index contributed by atoms with van der Waals surface area (Å²) in [6, 6.07) is 13.6. The lowest BCUT2D eigenvalue weighted by atomic mass is 10.2. The molecule has 1 aliphatic heterocycles. The van der Waals surface area contributed by atoms with Gasteiger partial charge in [0.15, 0.2) is 0 Å². The van der Waals surface area contributed by atoms with Gasteiger partial charge in [-0.3, -0.25) is 14.3 Å². The number of methoxy groups -OCH3 is 1. The molecular formula is C28H37Cl4N5O2. The largest absolute Gasteiger partial charge is 0.495 e. The Bertz CT molecular complexity index is 1230. The summed E-state index contributed by atoms with van der Waals surface area (Å²) in [5, 5.41) is 4.28. The third kappa shape index (κ3) is 7.74. The monoisotopic (exact) mass is 615 g/mol. The minimum Gasteiger partial charge on any atom is -0.495 e. The maximum Gasteiger partial charge on any atom is 0.271 e. The molecule has 1 aliphatic rings. The van der Waals surface area contributed by atoms with Crippen molar-refractivity contribution in [2.45, 2.75) is 33.1 Å². The number of halogens is 4. The molecule has 1 amide bonds. The van der Waals surface area contributed by atoms with Gasteiger partial charge in [-0.1, -0.05) is 48.3 Å². The van der Waals surface area contributed by atoms with Crippen molar-refractivity contribution in [1.29, 1.82) is 0 Å². The van der Waals surface area contributed by atoms with Gasteiger partial charge >= 0.3 is 0 Å². The van der Waals surface area contributed by atoms with Crippen LogP contribution in [-0.2, 0) is 6.42 Å². The zero-order valence-corrected chi connectivity index (χ0v) is 25.7. The third-order valence-electron chi connectivity index (χ3n) is 6.77. The van der Waals surface area contributed by atoms with Gasteiger partial charge in [-0.2, -0.15) is 0 Å². The van der Waals surface area contributed by atoms with Crippen molar-refractivity contribution >= 4 is 59.6 Å². The summed E-state index contributed by atoms with van der Waals surface area (Å²) in [5.41, 5.74) is 3.18. The van der Waals surface area contributed by atoms with E-state index in [4.69, 9.17) is 32.9 Å². The summed E-state index contributed by atoms with van der Waals surface area (Å²) in [7, 11) is 1.66. The number of nitrogens with zero attached hydrogens (tertiary/aromatic N) is 4. The lowest BCUT2D eigenvalue weighted by Gasteiger charge is -2.36. The van der Waals surface area contributed by atoms with Crippen molar-refractivity contribution in [3.8, 4) is 11.4 Å². The highest BCUT2D eigenvalue weighted by molar-refractivity contribution is 6.43. The fourth-order valence-corrected chi connectivity index (χ4v) is 5.25. The van der Waals surface area contributed by atoms with Crippen LogP contribution in [0.25, 0.3) is 5.69 Å². The fourth-order valence-electron chi connectivity index (χ4n) is 4.84. The van der Waals surface area contributed by atoms with Crippen molar-refractivity contribution in [2.24, 2.45) is 0 Å². The Kier molecular flexibility index (Phi) is 13.2. The molecule has 0 spiro atoms. The number of piperazine rings is 1. The van der Waals surface area contributed by atoms with E-state index in [1.165, 1.54) is 0 Å². The number of anilines is 1. The number of amides is 1. The van der Waals surface area contributed by atoms with Crippen molar-refractivity contribution < 1.29 is 9.53 Å². The number of hydrogen-bond donors (Lipinski definition) is 1. The molecule has 0 atom stereocenters. The van der Waals surface area contributed by atoms with Gasteiger partial charge in [-0.15, -0.1) is 24.8 Å². The van der Waals surface area contributed by atoms with Crippen LogP contribution in [0.15, 0.2) is 42.5 Å². The SMILES string of the molecule is CCCc1nc(C(=O)NCCCN2CCN(c3cccc(Cl)c3Cl)CC2)c(C)n1-c1ccccc1OC.Cl.Cl. The first-order chi connectivity index (χ1) is 17.9. The molecule has 0 radical (unpaired) electrons. The molecule has 0 unspecified atom stereocenters. The predicted octanol–water partition coefficient (Wildman–Crippen LogP) is 6.23. The van der Waals surface area contributed by atoms with E-state index in [1.807, 2.05) is 54.0 Å². The number of para-hydroxylation sites is 2. The van der Waals surface area contributed by atoms with Crippen LogP contribution in [0.4, 0.5) is 5.69 Å². The summed E-state index contributed by atoms with van der Waals surface area (Å²) in [5.74, 6) is 1.49. The van der Waals surface area contributed by atoms with Gasteiger partial charge in [0.25, 0.3) is 5.91 Å². The number of imidazole rings is 1. The van der Waals surface area contributed by atoms with E-state index in [1.54, 1.807) is 7.11 Å². The molecule has 214 valence electrons. The predicted molar refractivity (Wildman–Crippen MR) is 165 cm³/mol. The van der Waals surface area contributed by atoms with Crippen molar-refractivity contribution in [2.75, 3.05) is 51.3 Å². The number of carbonyl (C=O) groups excluding carboxylic acids is 1. The second-order valence-corrected chi connectivity index (χ2v) is 10.0. The normalized spacial score (nSPS) is 13.4. The average molecular weight is 617 g/mol. The van der Waals surface area contributed by atoms with Crippen molar-refractivity contribution in [3.05, 3.63) is 69.7 Å². The number of benzene rings is 2. The fraction of sp³-hybridized carbons (Fsp3) is 0.429. The molecule has 7 nitrogen and oxygen atoms in total. The molecular weight excluding hydrogens is 580 g/mol. The van der Waals surface area contributed by atoms with Crippen LogP contribution < -0.4 is 15.0 Å².